The Bertz CT molecular complexity index is 479. The number of hydrogen-bond donors (Lipinski definition) is 1. The SMILES string of the molecule is Cc1ccn(-c2ccc(CO)cc2Cl)n1. The Morgan fingerprint density at radius 1 is 1.40 bits per heavy atom. The van der Waals surface area contributed by atoms with Crippen molar-refractivity contribution in [1.82, 2.24) is 9.78 Å². The molecule has 0 aliphatic rings. The second-order valence-electron chi connectivity index (χ2n) is 3.35. The average Bonchev–Trinajstić information content (AvgIpc) is 2.64. The smallest absolute Gasteiger partial charge is 0.0832 e. The van der Waals surface area contributed by atoms with Crippen LogP contribution in [-0.2, 0) is 6.61 Å². The lowest BCUT2D eigenvalue weighted by Crippen LogP contribution is -1.97. The van der Waals surface area contributed by atoms with E-state index >= 15 is 0 Å². The third-order valence-corrected chi connectivity index (χ3v) is 2.47. The number of rotatable bonds is 2. The van der Waals surface area contributed by atoms with Gasteiger partial charge in [-0.25, -0.2) is 4.68 Å². The molecule has 15 heavy (non-hydrogen) atoms. The predicted octanol–water partition coefficient (Wildman–Crippen LogP) is 2.33. The molecule has 1 aromatic heterocycles. The van der Waals surface area contributed by atoms with Gasteiger partial charge in [0, 0.05) is 6.20 Å². The number of aliphatic hydroxyl groups excluding tert-OH is 1. The Hall–Kier alpha value is -1.32. The van der Waals surface area contributed by atoms with E-state index in [1.807, 2.05) is 31.3 Å². The molecule has 0 aliphatic heterocycles. The minimum absolute atomic E-state index is 0.00185. The van der Waals surface area contributed by atoms with Gasteiger partial charge in [-0.2, -0.15) is 5.10 Å². The van der Waals surface area contributed by atoms with Crippen LogP contribution in [0.1, 0.15) is 11.3 Å². The number of aliphatic hydroxyl groups is 1. The van der Waals surface area contributed by atoms with Crippen LogP contribution in [0.5, 0.6) is 0 Å². The van der Waals surface area contributed by atoms with E-state index in [0.717, 1.165) is 16.9 Å². The molecule has 0 radical (unpaired) electrons. The van der Waals surface area contributed by atoms with Crippen LogP contribution in [0.25, 0.3) is 5.69 Å². The van der Waals surface area contributed by atoms with E-state index in [1.165, 1.54) is 0 Å². The standard InChI is InChI=1S/C11H11ClN2O/c1-8-4-5-14(13-8)11-3-2-9(7-15)6-10(11)12/h2-6,15H,7H2,1H3. The van der Waals surface area contributed by atoms with Crippen molar-refractivity contribution in [2.24, 2.45) is 0 Å². The molecule has 0 bridgehead atoms. The van der Waals surface area contributed by atoms with E-state index in [1.54, 1.807) is 10.7 Å². The molecule has 0 saturated heterocycles. The maximum Gasteiger partial charge on any atom is 0.0832 e. The fourth-order valence-electron chi connectivity index (χ4n) is 1.38. The molecule has 1 N–H and O–H groups in total. The first-order valence-electron chi connectivity index (χ1n) is 4.62. The minimum Gasteiger partial charge on any atom is -0.392 e. The van der Waals surface area contributed by atoms with Crippen molar-refractivity contribution in [1.29, 1.82) is 0 Å². The van der Waals surface area contributed by atoms with Crippen LogP contribution in [0.2, 0.25) is 5.02 Å². The van der Waals surface area contributed by atoms with Crippen LogP contribution in [0.4, 0.5) is 0 Å². The number of benzene rings is 1. The van der Waals surface area contributed by atoms with Crippen LogP contribution in [0.15, 0.2) is 30.5 Å². The normalized spacial score (nSPS) is 10.6. The highest BCUT2D eigenvalue weighted by atomic mass is 35.5. The van der Waals surface area contributed by atoms with E-state index in [9.17, 15) is 0 Å². The molecular weight excluding hydrogens is 212 g/mol. The summed E-state index contributed by atoms with van der Waals surface area (Å²) in [6.07, 6.45) is 1.86. The van der Waals surface area contributed by atoms with E-state index in [4.69, 9.17) is 16.7 Å². The van der Waals surface area contributed by atoms with Gasteiger partial charge in [-0.1, -0.05) is 17.7 Å². The summed E-state index contributed by atoms with van der Waals surface area (Å²) in [6, 6.07) is 7.34. The van der Waals surface area contributed by atoms with Crippen molar-refractivity contribution in [3.63, 3.8) is 0 Å². The van der Waals surface area contributed by atoms with Crippen LogP contribution >= 0.6 is 11.6 Å². The van der Waals surface area contributed by atoms with Crippen LogP contribution in [0, 0.1) is 6.92 Å². The monoisotopic (exact) mass is 222 g/mol. The van der Waals surface area contributed by atoms with E-state index < -0.39 is 0 Å². The molecule has 0 aliphatic carbocycles. The fourth-order valence-corrected chi connectivity index (χ4v) is 1.67. The molecule has 1 aromatic carbocycles. The van der Waals surface area contributed by atoms with Gasteiger partial charge >= 0.3 is 0 Å². The Balaban J connectivity index is 2.45. The first-order valence-corrected chi connectivity index (χ1v) is 5.00. The molecule has 0 saturated carbocycles. The molecule has 2 aromatic rings. The lowest BCUT2D eigenvalue weighted by molar-refractivity contribution is 0.282. The molecule has 78 valence electrons. The largest absolute Gasteiger partial charge is 0.392 e. The molecule has 0 fully saturated rings. The lowest BCUT2D eigenvalue weighted by Gasteiger charge is -2.05. The molecule has 3 nitrogen and oxygen atoms in total. The van der Waals surface area contributed by atoms with Crippen molar-refractivity contribution in [2.45, 2.75) is 13.5 Å². The molecule has 0 spiro atoms. The zero-order valence-electron chi connectivity index (χ0n) is 8.31. The van der Waals surface area contributed by atoms with E-state index in [0.29, 0.717) is 5.02 Å². The Morgan fingerprint density at radius 3 is 2.73 bits per heavy atom. The number of nitrogens with zero attached hydrogens (tertiary/aromatic N) is 2. The zero-order chi connectivity index (χ0) is 10.8. The second kappa shape index (κ2) is 4.04. The Labute approximate surface area is 92.9 Å². The molecule has 1 heterocycles. The zero-order valence-corrected chi connectivity index (χ0v) is 9.07. The van der Waals surface area contributed by atoms with Crippen LogP contribution < -0.4 is 0 Å². The van der Waals surface area contributed by atoms with E-state index in [-0.39, 0.29) is 6.61 Å². The van der Waals surface area contributed by atoms with Crippen LogP contribution in [-0.4, -0.2) is 14.9 Å². The summed E-state index contributed by atoms with van der Waals surface area (Å²) >= 11 is 6.08. The Kier molecular flexibility index (Phi) is 2.75. The van der Waals surface area contributed by atoms with Crippen molar-refractivity contribution in [3.05, 3.63) is 46.7 Å². The molecule has 0 atom stereocenters. The highest BCUT2D eigenvalue weighted by Gasteiger charge is 2.04. The molecular formula is C11H11ClN2O. The van der Waals surface area contributed by atoms with Crippen molar-refractivity contribution in [2.75, 3.05) is 0 Å². The second-order valence-corrected chi connectivity index (χ2v) is 3.75. The quantitative estimate of drug-likeness (QED) is 0.847. The highest BCUT2D eigenvalue weighted by Crippen LogP contribution is 2.21. The summed E-state index contributed by atoms with van der Waals surface area (Å²) in [6.45, 7) is 1.92. The van der Waals surface area contributed by atoms with Gasteiger partial charge in [-0.05, 0) is 30.7 Å². The summed E-state index contributed by atoms with van der Waals surface area (Å²) in [4.78, 5) is 0. The molecule has 0 amide bonds. The van der Waals surface area contributed by atoms with Crippen molar-refractivity contribution >= 4 is 11.6 Å². The van der Waals surface area contributed by atoms with Gasteiger partial charge in [-0.15, -0.1) is 0 Å². The summed E-state index contributed by atoms with van der Waals surface area (Å²) in [5.74, 6) is 0. The highest BCUT2D eigenvalue weighted by molar-refractivity contribution is 6.32. The predicted molar refractivity (Wildman–Crippen MR) is 59.2 cm³/mol. The molecule has 0 unspecified atom stereocenters. The maximum absolute atomic E-state index is 8.95. The van der Waals surface area contributed by atoms with E-state index in [2.05, 4.69) is 5.10 Å². The van der Waals surface area contributed by atoms with Crippen molar-refractivity contribution in [3.8, 4) is 5.69 Å². The van der Waals surface area contributed by atoms with Gasteiger partial charge in [0.1, 0.15) is 0 Å². The first-order chi connectivity index (χ1) is 7.20. The lowest BCUT2D eigenvalue weighted by atomic mass is 10.2. The summed E-state index contributed by atoms with van der Waals surface area (Å²) in [5.41, 5.74) is 2.56. The summed E-state index contributed by atoms with van der Waals surface area (Å²) in [5, 5.41) is 13.8. The van der Waals surface area contributed by atoms with Gasteiger partial charge in [0.05, 0.1) is 23.0 Å². The van der Waals surface area contributed by atoms with Gasteiger partial charge in [0.25, 0.3) is 0 Å². The molecule has 2 rings (SSSR count). The first kappa shape index (κ1) is 10.2. The molecule has 4 heteroatoms. The third-order valence-electron chi connectivity index (χ3n) is 2.16. The van der Waals surface area contributed by atoms with Gasteiger partial charge in [0.15, 0.2) is 0 Å². The van der Waals surface area contributed by atoms with Gasteiger partial charge in [0.2, 0.25) is 0 Å². The average molecular weight is 223 g/mol. The number of aromatic nitrogens is 2. The topological polar surface area (TPSA) is 38.0 Å². The van der Waals surface area contributed by atoms with Gasteiger partial charge < -0.3 is 5.11 Å². The third kappa shape index (κ3) is 2.03. The Morgan fingerprint density at radius 2 is 2.20 bits per heavy atom. The summed E-state index contributed by atoms with van der Waals surface area (Å²) in [7, 11) is 0. The van der Waals surface area contributed by atoms with Crippen molar-refractivity contribution < 1.29 is 5.11 Å². The summed E-state index contributed by atoms with van der Waals surface area (Å²) < 4.78 is 1.72. The van der Waals surface area contributed by atoms with Crippen LogP contribution in [0.3, 0.4) is 0 Å². The van der Waals surface area contributed by atoms with Gasteiger partial charge in [-0.3, -0.25) is 0 Å². The number of hydrogen-bond acceptors (Lipinski definition) is 2. The maximum atomic E-state index is 8.95. The fraction of sp³-hybridized carbons (Fsp3) is 0.182. The number of aryl methyl sites for hydroxylation is 1. The minimum atomic E-state index is -0.00185. The number of halogens is 1.